The fourth-order valence-corrected chi connectivity index (χ4v) is 4.22. The van der Waals surface area contributed by atoms with Crippen LogP contribution in [0.2, 0.25) is 0 Å². The predicted octanol–water partition coefficient (Wildman–Crippen LogP) is 2.18. The molecule has 1 amide bonds. The molecule has 1 aliphatic heterocycles. The standard InChI is InChI=1S/C24H30N6O/c1-27(18-20-7-6-10-25-17-20)19-22(31)29-13-15-30(16-14-29)23(21-8-4-3-5-9-21)24-26-11-12-28(24)2/h3-12,17,23H,13-16,18-19H2,1-2H3. The quantitative estimate of drug-likeness (QED) is 0.589. The number of benzene rings is 1. The van der Waals surface area contributed by atoms with Crippen LogP contribution in [0.15, 0.2) is 67.3 Å². The molecular formula is C24H30N6O. The molecule has 7 heteroatoms. The molecule has 3 heterocycles. The Kier molecular flexibility index (Phi) is 6.74. The van der Waals surface area contributed by atoms with Crippen LogP contribution in [-0.4, -0.2) is 74.9 Å². The maximum atomic E-state index is 12.9. The average molecular weight is 419 g/mol. The van der Waals surface area contributed by atoms with Gasteiger partial charge in [0.25, 0.3) is 0 Å². The number of hydrogen-bond acceptors (Lipinski definition) is 5. The minimum absolute atomic E-state index is 0.0895. The summed E-state index contributed by atoms with van der Waals surface area (Å²) in [6.45, 7) is 4.24. The van der Waals surface area contributed by atoms with Crippen LogP contribution < -0.4 is 0 Å². The Hall–Kier alpha value is -3.03. The van der Waals surface area contributed by atoms with Crippen LogP contribution in [0.4, 0.5) is 0 Å². The Bertz CT molecular complexity index is 966. The Balaban J connectivity index is 1.37. The van der Waals surface area contributed by atoms with E-state index in [-0.39, 0.29) is 11.9 Å². The van der Waals surface area contributed by atoms with Crippen molar-refractivity contribution in [3.8, 4) is 0 Å². The molecule has 1 unspecified atom stereocenters. The molecule has 4 rings (SSSR count). The predicted molar refractivity (Wildman–Crippen MR) is 120 cm³/mol. The highest BCUT2D eigenvalue weighted by Crippen LogP contribution is 2.28. The first-order valence-corrected chi connectivity index (χ1v) is 10.7. The van der Waals surface area contributed by atoms with Crippen LogP contribution in [0.1, 0.15) is 23.0 Å². The van der Waals surface area contributed by atoms with Gasteiger partial charge in [-0.05, 0) is 24.2 Å². The van der Waals surface area contributed by atoms with Crippen molar-refractivity contribution in [2.24, 2.45) is 7.05 Å². The van der Waals surface area contributed by atoms with E-state index in [1.54, 1.807) is 6.20 Å². The first-order chi connectivity index (χ1) is 15.1. The third kappa shape index (κ3) is 5.18. The summed E-state index contributed by atoms with van der Waals surface area (Å²) in [7, 11) is 4.02. The van der Waals surface area contributed by atoms with E-state index in [2.05, 4.69) is 43.7 Å². The SMILES string of the molecule is CN(CC(=O)N1CCN(C(c2ccccc2)c2nccn2C)CC1)Cc1cccnc1. The maximum absolute atomic E-state index is 12.9. The number of rotatable bonds is 7. The van der Waals surface area contributed by atoms with E-state index < -0.39 is 0 Å². The van der Waals surface area contributed by atoms with E-state index in [1.165, 1.54) is 5.56 Å². The normalized spacial score (nSPS) is 15.9. The maximum Gasteiger partial charge on any atom is 0.236 e. The van der Waals surface area contributed by atoms with E-state index in [9.17, 15) is 4.79 Å². The minimum atomic E-state index is 0.0895. The number of amides is 1. The van der Waals surface area contributed by atoms with E-state index in [1.807, 2.05) is 60.7 Å². The van der Waals surface area contributed by atoms with Crippen molar-refractivity contribution < 1.29 is 4.79 Å². The van der Waals surface area contributed by atoms with Crippen molar-refractivity contribution in [2.75, 3.05) is 39.8 Å². The fourth-order valence-electron chi connectivity index (χ4n) is 4.22. The van der Waals surface area contributed by atoms with E-state index in [0.717, 1.165) is 44.1 Å². The van der Waals surface area contributed by atoms with Crippen LogP contribution in [0.5, 0.6) is 0 Å². The van der Waals surface area contributed by atoms with Gasteiger partial charge in [0.15, 0.2) is 0 Å². The fraction of sp³-hybridized carbons (Fsp3) is 0.375. The first kappa shape index (κ1) is 21.2. The Morgan fingerprint density at radius 1 is 1.06 bits per heavy atom. The van der Waals surface area contributed by atoms with Gasteiger partial charge in [-0.25, -0.2) is 4.98 Å². The highest BCUT2D eigenvalue weighted by Gasteiger charge is 2.30. The molecule has 0 bridgehead atoms. The molecule has 162 valence electrons. The number of pyridine rings is 1. The highest BCUT2D eigenvalue weighted by molar-refractivity contribution is 5.78. The van der Waals surface area contributed by atoms with Gasteiger partial charge in [0.2, 0.25) is 5.91 Å². The molecule has 1 saturated heterocycles. The second kappa shape index (κ2) is 9.85. The smallest absolute Gasteiger partial charge is 0.236 e. The summed E-state index contributed by atoms with van der Waals surface area (Å²) in [5.74, 6) is 1.21. The Morgan fingerprint density at radius 2 is 1.84 bits per heavy atom. The topological polar surface area (TPSA) is 57.5 Å². The summed E-state index contributed by atoms with van der Waals surface area (Å²) in [6, 6.07) is 14.5. The third-order valence-corrected chi connectivity index (χ3v) is 5.83. The number of nitrogens with zero attached hydrogens (tertiary/aromatic N) is 6. The van der Waals surface area contributed by atoms with E-state index in [0.29, 0.717) is 6.54 Å². The Morgan fingerprint density at radius 3 is 2.48 bits per heavy atom. The molecule has 1 atom stereocenters. The van der Waals surface area contributed by atoms with E-state index >= 15 is 0 Å². The molecule has 0 radical (unpaired) electrons. The van der Waals surface area contributed by atoms with Gasteiger partial charge < -0.3 is 9.47 Å². The van der Waals surface area contributed by atoms with Gasteiger partial charge in [-0.1, -0.05) is 36.4 Å². The summed E-state index contributed by atoms with van der Waals surface area (Å²) in [6.07, 6.45) is 7.45. The van der Waals surface area contributed by atoms with Gasteiger partial charge in [0, 0.05) is 64.6 Å². The van der Waals surface area contributed by atoms with Crippen molar-refractivity contribution in [3.63, 3.8) is 0 Å². The number of piperazine rings is 1. The number of aryl methyl sites for hydroxylation is 1. The number of carbonyl (C=O) groups is 1. The zero-order valence-electron chi connectivity index (χ0n) is 18.3. The third-order valence-electron chi connectivity index (χ3n) is 5.83. The Labute approximate surface area is 183 Å². The number of imidazole rings is 1. The zero-order chi connectivity index (χ0) is 21.6. The summed E-state index contributed by atoms with van der Waals surface area (Å²) >= 11 is 0. The average Bonchev–Trinajstić information content (AvgIpc) is 3.21. The van der Waals surface area contributed by atoms with Gasteiger partial charge in [0.1, 0.15) is 5.82 Å². The molecule has 0 aliphatic carbocycles. The second-order valence-electron chi connectivity index (χ2n) is 8.16. The lowest BCUT2D eigenvalue weighted by atomic mass is 10.0. The first-order valence-electron chi connectivity index (χ1n) is 10.7. The summed E-state index contributed by atoms with van der Waals surface area (Å²) in [4.78, 5) is 28.1. The molecule has 0 N–H and O–H groups in total. The van der Waals surface area contributed by atoms with Crippen LogP contribution >= 0.6 is 0 Å². The molecule has 1 aromatic carbocycles. The number of carbonyl (C=O) groups excluding carboxylic acids is 1. The molecule has 1 fully saturated rings. The van der Waals surface area contributed by atoms with Crippen molar-refractivity contribution in [1.82, 2.24) is 29.2 Å². The van der Waals surface area contributed by atoms with E-state index in [4.69, 9.17) is 0 Å². The zero-order valence-corrected chi connectivity index (χ0v) is 18.3. The van der Waals surface area contributed by atoms with Crippen LogP contribution in [-0.2, 0) is 18.4 Å². The molecule has 7 nitrogen and oxygen atoms in total. The molecule has 3 aromatic rings. The molecule has 1 aliphatic rings. The van der Waals surface area contributed by atoms with Gasteiger partial charge in [-0.2, -0.15) is 0 Å². The largest absolute Gasteiger partial charge is 0.339 e. The summed E-state index contributed by atoms with van der Waals surface area (Å²) < 4.78 is 2.09. The molecule has 0 saturated carbocycles. The minimum Gasteiger partial charge on any atom is -0.339 e. The second-order valence-corrected chi connectivity index (χ2v) is 8.16. The summed E-state index contributed by atoms with van der Waals surface area (Å²) in [5, 5.41) is 0. The van der Waals surface area contributed by atoms with Crippen molar-refractivity contribution in [2.45, 2.75) is 12.6 Å². The van der Waals surface area contributed by atoms with Gasteiger partial charge in [0.05, 0.1) is 12.6 Å². The van der Waals surface area contributed by atoms with Gasteiger partial charge in [-0.3, -0.25) is 19.6 Å². The molecule has 31 heavy (non-hydrogen) atoms. The molecular weight excluding hydrogens is 388 g/mol. The number of aromatic nitrogens is 3. The van der Waals surface area contributed by atoms with Crippen molar-refractivity contribution in [1.29, 1.82) is 0 Å². The van der Waals surface area contributed by atoms with Crippen LogP contribution in [0.3, 0.4) is 0 Å². The lowest BCUT2D eigenvalue weighted by molar-refractivity contribution is -0.134. The van der Waals surface area contributed by atoms with Crippen molar-refractivity contribution >= 4 is 5.91 Å². The molecule has 0 spiro atoms. The lowest BCUT2D eigenvalue weighted by Gasteiger charge is -2.39. The lowest BCUT2D eigenvalue weighted by Crippen LogP contribution is -2.52. The van der Waals surface area contributed by atoms with Crippen LogP contribution in [0, 0.1) is 0 Å². The monoisotopic (exact) mass is 418 g/mol. The summed E-state index contributed by atoms with van der Waals surface area (Å²) in [5.41, 5.74) is 2.34. The highest BCUT2D eigenvalue weighted by atomic mass is 16.2. The molecule has 2 aromatic heterocycles. The number of hydrogen-bond donors (Lipinski definition) is 0. The van der Waals surface area contributed by atoms with Crippen LogP contribution in [0.25, 0.3) is 0 Å². The van der Waals surface area contributed by atoms with Gasteiger partial charge >= 0.3 is 0 Å². The van der Waals surface area contributed by atoms with Crippen molar-refractivity contribution in [3.05, 3.63) is 84.2 Å². The number of likely N-dealkylation sites (N-methyl/N-ethyl adjacent to an activating group) is 1. The van der Waals surface area contributed by atoms with Gasteiger partial charge in [-0.15, -0.1) is 0 Å².